The van der Waals surface area contributed by atoms with Gasteiger partial charge in [0.05, 0.1) is 17.0 Å². The fraction of sp³-hybridized carbons (Fsp3) is 0.423. The maximum Gasteiger partial charge on any atom is 0.407 e. The molecule has 3 rings (SSSR count). The number of aliphatic hydroxyl groups excluding tert-OH is 1. The predicted octanol–water partition coefficient (Wildman–Crippen LogP) is 3.89. The van der Waals surface area contributed by atoms with Crippen LogP contribution in [0.4, 0.5) is 9.18 Å². The molecule has 0 unspecified atom stereocenters. The molecule has 1 fully saturated rings. The molecule has 0 saturated heterocycles. The minimum atomic E-state index is -4.00. The van der Waals surface area contributed by atoms with Gasteiger partial charge in [-0.25, -0.2) is 17.6 Å². The molecule has 190 valence electrons. The highest BCUT2D eigenvalue weighted by atomic mass is 32.2. The lowest BCUT2D eigenvalue weighted by molar-refractivity contribution is 0.0912. The largest absolute Gasteiger partial charge is 0.445 e. The Balaban J connectivity index is 1.84. The monoisotopic (exact) mass is 504 g/mol. The molecule has 9 heteroatoms. The number of carbonyl (C=O) groups is 1. The molecule has 0 heterocycles. The molecule has 0 radical (unpaired) electrons. The minimum Gasteiger partial charge on any atom is -0.445 e. The van der Waals surface area contributed by atoms with Gasteiger partial charge in [-0.3, -0.25) is 0 Å². The topological polar surface area (TPSA) is 95.9 Å². The number of nitrogens with one attached hydrogen (secondary N) is 1. The SMILES string of the molecule is C=CCOC(=O)N[C@@H](Cc1ccccc1)[C@H](O)CN(CC1CCCC1)S(=O)(=O)c1ccc(F)cc1. The first kappa shape index (κ1) is 26.8. The van der Waals surface area contributed by atoms with Crippen LogP contribution in [-0.4, -0.2) is 55.8 Å². The predicted molar refractivity (Wildman–Crippen MR) is 132 cm³/mol. The second kappa shape index (κ2) is 12.8. The number of hydrogen-bond donors (Lipinski definition) is 2. The minimum absolute atomic E-state index is 0.00668. The van der Waals surface area contributed by atoms with Gasteiger partial charge in [0.25, 0.3) is 0 Å². The van der Waals surface area contributed by atoms with Crippen molar-refractivity contribution in [2.45, 2.75) is 49.1 Å². The summed E-state index contributed by atoms with van der Waals surface area (Å²) < 4.78 is 46.7. The lowest BCUT2D eigenvalue weighted by atomic mass is 10.0. The third-order valence-electron chi connectivity index (χ3n) is 6.18. The number of halogens is 1. The molecule has 1 aliphatic carbocycles. The smallest absolute Gasteiger partial charge is 0.407 e. The Morgan fingerprint density at radius 1 is 1.17 bits per heavy atom. The van der Waals surface area contributed by atoms with Gasteiger partial charge in [0, 0.05) is 13.1 Å². The number of hydrogen-bond acceptors (Lipinski definition) is 5. The van der Waals surface area contributed by atoms with Gasteiger partial charge in [-0.2, -0.15) is 4.31 Å². The molecule has 0 bridgehead atoms. The summed E-state index contributed by atoms with van der Waals surface area (Å²) in [5.41, 5.74) is 0.865. The molecule has 0 aliphatic heterocycles. The van der Waals surface area contributed by atoms with Gasteiger partial charge in [0.15, 0.2) is 0 Å². The van der Waals surface area contributed by atoms with E-state index in [1.807, 2.05) is 30.3 Å². The van der Waals surface area contributed by atoms with Crippen molar-refractivity contribution in [2.24, 2.45) is 5.92 Å². The third-order valence-corrected chi connectivity index (χ3v) is 8.02. The second-order valence-electron chi connectivity index (χ2n) is 8.82. The molecule has 2 atom stereocenters. The van der Waals surface area contributed by atoms with E-state index >= 15 is 0 Å². The van der Waals surface area contributed by atoms with E-state index in [0.717, 1.165) is 43.4 Å². The molecule has 2 aromatic rings. The van der Waals surface area contributed by atoms with Crippen molar-refractivity contribution in [3.8, 4) is 0 Å². The van der Waals surface area contributed by atoms with Gasteiger partial charge in [0.2, 0.25) is 10.0 Å². The van der Waals surface area contributed by atoms with E-state index in [1.165, 1.54) is 22.5 Å². The molecule has 2 aromatic carbocycles. The maximum atomic E-state index is 13.5. The van der Waals surface area contributed by atoms with E-state index < -0.39 is 34.1 Å². The van der Waals surface area contributed by atoms with Crippen molar-refractivity contribution in [1.82, 2.24) is 9.62 Å². The van der Waals surface area contributed by atoms with Gasteiger partial charge >= 0.3 is 6.09 Å². The van der Waals surface area contributed by atoms with Crippen molar-refractivity contribution < 1.29 is 27.4 Å². The van der Waals surface area contributed by atoms with E-state index in [0.29, 0.717) is 0 Å². The normalized spacial score (nSPS) is 16.1. The summed E-state index contributed by atoms with van der Waals surface area (Å²) in [4.78, 5) is 12.2. The molecule has 35 heavy (non-hydrogen) atoms. The molecule has 1 saturated carbocycles. The molecule has 2 N–H and O–H groups in total. The maximum absolute atomic E-state index is 13.5. The highest BCUT2D eigenvalue weighted by Crippen LogP contribution is 2.28. The Bertz CT molecular complexity index is 1060. The first-order valence-electron chi connectivity index (χ1n) is 11.8. The number of alkyl carbamates (subject to hydrolysis) is 1. The lowest BCUT2D eigenvalue weighted by Gasteiger charge is -2.31. The highest BCUT2D eigenvalue weighted by molar-refractivity contribution is 7.89. The van der Waals surface area contributed by atoms with Crippen LogP contribution in [0.25, 0.3) is 0 Å². The second-order valence-corrected chi connectivity index (χ2v) is 10.8. The molecule has 0 spiro atoms. The average Bonchev–Trinajstić information content (AvgIpc) is 3.36. The zero-order valence-electron chi connectivity index (χ0n) is 19.7. The fourth-order valence-corrected chi connectivity index (χ4v) is 5.86. The summed E-state index contributed by atoms with van der Waals surface area (Å²) in [7, 11) is -4.00. The number of benzene rings is 2. The van der Waals surface area contributed by atoms with E-state index in [-0.39, 0.29) is 36.9 Å². The van der Waals surface area contributed by atoms with Gasteiger partial charge in [-0.15, -0.1) is 0 Å². The van der Waals surface area contributed by atoms with Gasteiger partial charge in [-0.05, 0) is 55.0 Å². The Morgan fingerprint density at radius 3 is 2.46 bits per heavy atom. The Labute approximate surface area is 206 Å². The fourth-order valence-electron chi connectivity index (χ4n) is 4.32. The zero-order chi connectivity index (χ0) is 25.3. The lowest BCUT2D eigenvalue weighted by Crippen LogP contribution is -2.51. The van der Waals surface area contributed by atoms with E-state index in [4.69, 9.17) is 4.74 Å². The summed E-state index contributed by atoms with van der Waals surface area (Å²) >= 11 is 0. The number of amides is 1. The van der Waals surface area contributed by atoms with Crippen LogP contribution in [0.1, 0.15) is 31.2 Å². The van der Waals surface area contributed by atoms with E-state index in [2.05, 4.69) is 11.9 Å². The van der Waals surface area contributed by atoms with E-state index in [1.54, 1.807) is 0 Å². The quantitative estimate of drug-likeness (QED) is 0.428. The van der Waals surface area contributed by atoms with Crippen LogP contribution >= 0.6 is 0 Å². The summed E-state index contributed by atoms with van der Waals surface area (Å²) in [6, 6.07) is 13.1. The van der Waals surface area contributed by atoms with Crippen molar-refractivity contribution in [2.75, 3.05) is 19.7 Å². The van der Waals surface area contributed by atoms with Crippen LogP contribution in [0.5, 0.6) is 0 Å². The summed E-state index contributed by atoms with van der Waals surface area (Å²) in [6.07, 6.45) is 3.64. The van der Waals surface area contributed by atoms with Crippen molar-refractivity contribution in [3.05, 3.63) is 78.6 Å². The van der Waals surface area contributed by atoms with Crippen molar-refractivity contribution in [1.29, 1.82) is 0 Å². The standard InChI is InChI=1S/C26H33FN2O5S/c1-2-16-34-26(31)28-24(17-20-8-4-3-5-9-20)25(30)19-29(18-21-10-6-7-11-21)35(32,33)23-14-12-22(27)13-15-23/h2-5,8-9,12-15,21,24-25,30H,1,6-7,10-11,16-19H2,(H,28,31)/t24-,25+/m0/s1. The van der Waals surface area contributed by atoms with Crippen LogP contribution in [0.3, 0.4) is 0 Å². The first-order chi connectivity index (χ1) is 16.8. The van der Waals surface area contributed by atoms with Crippen molar-refractivity contribution in [3.63, 3.8) is 0 Å². The molecular formula is C26H33FN2O5S. The summed E-state index contributed by atoms with van der Waals surface area (Å²) in [5, 5.41) is 13.9. The van der Waals surface area contributed by atoms with Gasteiger partial charge in [0.1, 0.15) is 12.4 Å². The molecule has 0 aromatic heterocycles. The zero-order valence-corrected chi connectivity index (χ0v) is 20.5. The first-order valence-corrected chi connectivity index (χ1v) is 13.3. The van der Waals surface area contributed by atoms with Crippen LogP contribution in [0.2, 0.25) is 0 Å². The number of ether oxygens (including phenoxy) is 1. The Kier molecular flexibility index (Phi) is 9.83. The Hall–Kier alpha value is -2.75. The molecule has 7 nitrogen and oxygen atoms in total. The average molecular weight is 505 g/mol. The number of rotatable bonds is 12. The number of nitrogens with zero attached hydrogens (tertiary/aromatic N) is 1. The van der Waals surface area contributed by atoms with Crippen LogP contribution < -0.4 is 5.32 Å². The molecule has 1 aliphatic rings. The number of aliphatic hydroxyl groups is 1. The summed E-state index contributed by atoms with van der Waals surface area (Å²) in [5.74, 6) is -0.355. The van der Waals surface area contributed by atoms with Crippen molar-refractivity contribution >= 4 is 16.1 Å². The Morgan fingerprint density at radius 2 is 1.83 bits per heavy atom. The van der Waals surface area contributed by atoms with E-state index in [9.17, 15) is 22.7 Å². The summed E-state index contributed by atoms with van der Waals surface area (Å²) in [6.45, 7) is 3.54. The highest BCUT2D eigenvalue weighted by Gasteiger charge is 2.33. The number of carbonyl (C=O) groups excluding carboxylic acids is 1. The van der Waals surface area contributed by atoms with Gasteiger partial charge in [-0.1, -0.05) is 55.8 Å². The van der Waals surface area contributed by atoms with Crippen LogP contribution in [0, 0.1) is 11.7 Å². The molecule has 1 amide bonds. The number of sulfonamides is 1. The van der Waals surface area contributed by atoms with Crippen LogP contribution in [-0.2, 0) is 21.2 Å². The molecular weight excluding hydrogens is 471 g/mol. The van der Waals surface area contributed by atoms with Crippen LogP contribution in [0.15, 0.2) is 72.1 Å². The third kappa shape index (κ3) is 7.88. The van der Waals surface area contributed by atoms with Gasteiger partial charge < -0.3 is 15.2 Å².